The lowest BCUT2D eigenvalue weighted by atomic mass is 9.96. The van der Waals surface area contributed by atoms with Gasteiger partial charge >= 0.3 is 6.18 Å². The molecule has 3 aromatic carbocycles. The number of amides is 1. The maximum Gasteiger partial charge on any atom is 0.410 e. The van der Waals surface area contributed by atoms with E-state index in [-0.39, 0.29) is 17.8 Å². The second-order valence-corrected chi connectivity index (χ2v) is 9.25. The van der Waals surface area contributed by atoms with Gasteiger partial charge in [-0.25, -0.2) is 4.68 Å². The normalized spacial score (nSPS) is 16.8. The third-order valence-electron chi connectivity index (χ3n) is 6.68. The van der Waals surface area contributed by atoms with Crippen molar-refractivity contribution in [2.24, 2.45) is 0 Å². The summed E-state index contributed by atoms with van der Waals surface area (Å²) in [5, 5.41) is 7.22. The predicted molar refractivity (Wildman–Crippen MR) is 138 cm³/mol. The molecule has 1 amide bonds. The highest BCUT2D eigenvalue weighted by Gasteiger charge is 2.47. The van der Waals surface area contributed by atoms with Crippen molar-refractivity contribution in [2.45, 2.75) is 37.8 Å². The molecule has 38 heavy (non-hydrogen) atoms. The molecule has 1 aliphatic rings. The summed E-state index contributed by atoms with van der Waals surface area (Å²) in [6.45, 7) is 0.586. The maximum atomic E-state index is 14.2. The van der Waals surface area contributed by atoms with Crippen LogP contribution >= 0.6 is 0 Å². The largest absolute Gasteiger partial charge is 0.497 e. The number of nitrogens with one attached hydrogen (secondary N) is 1. The number of alkyl halides is 3. The van der Waals surface area contributed by atoms with Crippen LogP contribution in [0.25, 0.3) is 0 Å². The van der Waals surface area contributed by atoms with Gasteiger partial charge < -0.3 is 15.0 Å². The Morgan fingerprint density at radius 2 is 1.63 bits per heavy atom. The smallest absolute Gasteiger partial charge is 0.410 e. The van der Waals surface area contributed by atoms with Crippen molar-refractivity contribution < 1.29 is 22.7 Å². The second-order valence-electron chi connectivity index (χ2n) is 9.25. The van der Waals surface area contributed by atoms with Crippen LogP contribution in [0.1, 0.15) is 45.6 Å². The number of carbonyl (C=O) groups excluding carboxylic acids is 1. The molecule has 6 nitrogen and oxygen atoms in total. The second kappa shape index (κ2) is 10.6. The molecule has 0 bridgehead atoms. The molecular formula is C29H27F3N4O2. The van der Waals surface area contributed by atoms with E-state index in [2.05, 4.69) is 10.4 Å². The van der Waals surface area contributed by atoms with Gasteiger partial charge in [0.05, 0.1) is 19.3 Å². The quantitative estimate of drug-likeness (QED) is 0.307. The van der Waals surface area contributed by atoms with E-state index in [4.69, 9.17) is 4.74 Å². The number of benzene rings is 3. The molecule has 0 aliphatic carbocycles. The summed E-state index contributed by atoms with van der Waals surface area (Å²) in [5.41, 5.74) is 2.55. The first-order chi connectivity index (χ1) is 18.3. The fraction of sp³-hybridized carbons (Fsp3) is 0.241. The van der Waals surface area contributed by atoms with Crippen LogP contribution in [0.15, 0.2) is 91.1 Å². The minimum absolute atomic E-state index is 0.0579. The number of methoxy groups -OCH3 is 1. The van der Waals surface area contributed by atoms with E-state index >= 15 is 0 Å². The SMILES string of the molecule is COc1cccc([C@@H]2C[C@H](C(F)(F)F)n3ncc(C(=O)N(Cc4ccccc4)Cc4ccccc4)c3N2)c1. The van der Waals surface area contributed by atoms with E-state index in [0.29, 0.717) is 24.4 Å². The number of halogens is 3. The van der Waals surface area contributed by atoms with Gasteiger partial charge in [0.15, 0.2) is 6.04 Å². The lowest BCUT2D eigenvalue weighted by molar-refractivity contribution is -0.173. The molecule has 2 heterocycles. The Hall–Kier alpha value is -4.27. The minimum atomic E-state index is -4.55. The lowest BCUT2D eigenvalue weighted by Crippen LogP contribution is -2.37. The van der Waals surface area contributed by atoms with E-state index in [9.17, 15) is 18.0 Å². The summed E-state index contributed by atoms with van der Waals surface area (Å²) < 4.78 is 48.7. The minimum Gasteiger partial charge on any atom is -0.497 e. The maximum absolute atomic E-state index is 14.2. The van der Waals surface area contributed by atoms with Crippen LogP contribution < -0.4 is 10.1 Å². The van der Waals surface area contributed by atoms with Gasteiger partial charge in [0.1, 0.15) is 17.1 Å². The van der Waals surface area contributed by atoms with Gasteiger partial charge in [0, 0.05) is 19.5 Å². The molecule has 0 saturated heterocycles. The fourth-order valence-corrected chi connectivity index (χ4v) is 4.77. The highest BCUT2D eigenvalue weighted by Crippen LogP contribution is 2.45. The van der Waals surface area contributed by atoms with E-state index in [1.807, 2.05) is 60.7 Å². The van der Waals surface area contributed by atoms with Crippen molar-refractivity contribution >= 4 is 11.7 Å². The first-order valence-electron chi connectivity index (χ1n) is 12.3. The molecule has 9 heteroatoms. The van der Waals surface area contributed by atoms with Crippen LogP contribution in [0.3, 0.4) is 0 Å². The number of carbonyl (C=O) groups is 1. The summed E-state index contributed by atoms with van der Waals surface area (Å²) in [6, 6.07) is 23.3. The van der Waals surface area contributed by atoms with Gasteiger partial charge in [-0.1, -0.05) is 72.8 Å². The molecule has 2 atom stereocenters. The van der Waals surface area contributed by atoms with Crippen LogP contribution in [0.4, 0.5) is 19.0 Å². The standard InChI is InChI=1S/C29H27F3N4O2/c1-38-23-14-8-13-22(15-23)25-16-26(29(30,31)32)36-27(34-25)24(17-33-36)28(37)35(18-20-9-4-2-5-10-20)19-21-11-6-3-7-12-21/h2-15,17,25-26,34H,16,18-19H2,1H3/t25-,26+/m0/s1. The van der Waals surface area contributed by atoms with Crippen molar-refractivity contribution in [3.8, 4) is 5.75 Å². The molecule has 0 saturated carbocycles. The van der Waals surface area contributed by atoms with Crippen molar-refractivity contribution in [3.05, 3.63) is 113 Å². The first kappa shape index (κ1) is 25.4. The van der Waals surface area contributed by atoms with Crippen molar-refractivity contribution in [3.63, 3.8) is 0 Å². The van der Waals surface area contributed by atoms with E-state index in [0.717, 1.165) is 15.8 Å². The van der Waals surface area contributed by atoms with Gasteiger partial charge in [-0.05, 0) is 28.8 Å². The zero-order valence-corrected chi connectivity index (χ0v) is 20.7. The molecule has 0 radical (unpaired) electrons. The molecule has 4 aromatic rings. The Bertz CT molecular complexity index is 1350. The number of aromatic nitrogens is 2. The number of rotatable bonds is 7. The Morgan fingerprint density at radius 3 is 2.21 bits per heavy atom. The molecule has 0 fully saturated rings. The Balaban J connectivity index is 1.52. The molecule has 196 valence electrons. The lowest BCUT2D eigenvalue weighted by Gasteiger charge is -2.34. The summed E-state index contributed by atoms with van der Waals surface area (Å²) in [6.07, 6.45) is -3.58. The number of hydrogen-bond acceptors (Lipinski definition) is 4. The first-order valence-corrected chi connectivity index (χ1v) is 12.3. The average molecular weight is 521 g/mol. The topological polar surface area (TPSA) is 59.4 Å². The predicted octanol–water partition coefficient (Wildman–Crippen LogP) is 6.39. The molecule has 5 rings (SSSR count). The van der Waals surface area contributed by atoms with Crippen LogP contribution in [-0.2, 0) is 13.1 Å². The molecule has 1 N–H and O–H groups in total. The van der Waals surface area contributed by atoms with Crippen molar-refractivity contribution in [1.29, 1.82) is 0 Å². The summed E-state index contributed by atoms with van der Waals surface area (Å²) in [7, 11) is 1.51. The van der Waals surface area contributed by atoms with Gasteiger partial charge in [-0.15, -0.1) is 0 Å². The number of nitrogens with zero attached hydrogens (tertiary/aromatic N) is 3. The van der Waals surface area contributed by atoms with E-state index in [1.165, 1.54) is 13.3 Å². The number of fused-ring (bicyclic) bond motifs is 1. The summed E-state index contributed by atoms with van der Waals surface area (Å²) in [5.74, 6) is 0.196. The van der Waals surface area contributed by atoms with E-state index < -0.39 is 24.2 Å². The average Bonchev–Trinajstić information content (AvgIpc) is 3.36. The highest BCUT2D eigenvalue weighted by molar-refractivity contribution is 5.99. The Kier molecular flexibility index (Phi) is 7.09. The number of anilines is 1. The Labute approximate surface area is 218 Å². The monoisotopic (exact) mass is 520 g/mol. The number of hydrogen-bond donors (Lipinski definition) is 1. The van der Waals surface area contributed by atoms with Gasteiger partial charge in [0.25, 0.3) is 5.91 Å². The van der Waals surface area contributed by atoms with E-state index in [1.54, 1.807) is 29.2 Å². The van der Waals surface area contributed by atoms with Crippen molar-refractivity contribution in [2.75, 3.05) is 12.4 Å². The van der Waals surface area contributed by atoms with Gasteiger partial charge in [0.2, 0.25) is 0 Å². The van der Waals surface area contributed by atoms with Gasteiger partial charge in [-0.2, -0.15) is 18.3 Å². The highest BCUT2D eigenvalue weighted by atomic mass is 19.4. The van der Waals surface area contributed by atoms with Crippen LogP contribution in [0.5, 0.6) is 5.75 Å². The summed E-state index contributed by atoms with van der Waals surface area (Å²) in [4.78, 5) is 15.5. The fourth-order valence-electron chi connectivity index (χ4n) is 4.77. The van der Waals surface area contributed by atoms with Crippen LogP contribution in [0, 0.1) is 0 Å². The molecule has 0 unspecified atom stereocenters. The van der Waals surface area contributed by atoms with Crippen molar-refractivity contribution in [1.82, 2.24) is 14.7 Å². The van der Waals surface area contributed by atoms with Gasteiger partial charge in [-0.3, -0.25) is 4.79 Å². The van der Waals surface area contributed by atoms with Crippen LogP contribution in [0.2, 0.25) is 0 Å². The molecular weight excluding hydrogens is 493 g/mol. The Morgan fingerprint density at radius 1 is 1.00 bits per heavy atom. The van der Waals surface area contributed by atoms with Crippen LogP contribution in [-0.4, -0.2) is 33.9 Å². The molecule has 1 aliphatic heterocycles. The third-order valence-corrected chi connectivity index (χ3v) is 6.68. The molecule has 0 spiro atoms. The molecule has 1 aromatic heterocycles. The zero-order valence-electron chi connectivity index (χ0n) is 20.7. The number of ether oxygens (including phenoxy) is 1. The zero-order chi connectivity index (χ0) is 26.7. The third kappa shape index (κ3) is 5.37. The summed E-state index contributed by atoms with van der Waals surface area (Å²) >= 11 is 0.